The molecule has 102 valence electrons. The Labute approximate surface area is 125 Å². The Hall–Kier alpha value is -1.21. The number of aryl methyl sites for hydroxylation is 1. The molecule has 0 atom stereocenters. The fourth-order valence-corrected chi connectivity index (χ4v) is 5.27. The van der Waals surface area contributed by atoms with Crippen LogP contribution < -0.4 is 0 Å². The maximum absolute atomic E-state index is 2.45. The van der Waals surface area contributed by atoms with Gasteiger partial charge in [-0.25, -0.2) is 0 Å². The van der Waals surface area contributed by atoms with Gasteiger partial charge in [-0.2, -0.15) is 0 Å². The highest BCUT2D eigenvalue weighted by molar-refractivity contribution is 7.99. The highest BCUT2D eigenvalue weighted by Crippen LogP contribution is 2.55. The molecule has 1 fully saturated rings. The molecule has 1 aliphatic carbocycles. The van der Waals surface area contributed by atoms with Gasteiger partial charge < -0.3 is 0 Å². The van der Waals surface area contributed by atoms with Gasteiger partial charge in [-0.05, 0) is 43.0 Å². The summed E-state index contributed by atoms with van der Waals surface area (Å²) in [6.45, 7) is 2.22. The molecule has 2 aromatic rings. The Balaban J connectivity index is 1.98. The van der Waals surface area contributed by atoms with Crippen molar-refractivity contribution >= 4 is 11.8 Å². The molecule has 0 amide bonds. The lowest BCUT2D eigenvalue weighted by molar-refractivity contribution is 0.335. The van der Waals surface area contributed by atoms with Crippen LogP contribution >= 0.6 is 11.8 Å². The molecular weight excluding hydrogens is 260 g/mol. The number of rotatable bonds is 0. The molecule has 1 spiro atoms. The molecule has 2 aromatic carbocycles. The second-order valence-electron chi connectivity index (χ2n) is 6.24. The molecule has 1 heterocycles. The molecule has 0 bridgehead atoms. The van der Waals surface area contributed by atoms with E-state index in [1.807, 2.05) is 11.8 Å². The molecule has 1 aliphatic heterocycles. The molecule has 0 N–H and O–H groups in total. The second kappa shape index (κ2) is 4.66. The molecule has 0 nitrogen and oxygen atoms in total. The molecule has 0 unspecified atom stereocenters. The van der Waals surface area contributed by atoms with E-state index in [0.717, 1.165) is 0 Å². The molecule has 1 heteroatoms. The molecule has 20 heavy (non-hydrogen) atoms. The summed E-state index contributed by atoms with van der Waals surface area (Å²) in [6.07, 6.45) is 6.78. The van der Waals surface area contributed by atoms with Crippen molar-refractivity contribution in [3.63, 3.8) is 0 Å². The second-order valence-corrected chi connectivity index (χ2v) is 7.32. The van der Waals surface area contributed by atoms with Gasteiger partial charge in [0.2, 0.25) is 0 Å². The Morgan fingerprint density at radius 1 is 0.850 bits per heavy atom. The minimum atomic E-state index is 0.293. The van der Waals surface area contributed by atoms with E-state index in [1.165, 1.54) is 47.5 Å². The van der Waals surface area contributed by atoms with Crippen LogP contribution in [0.5, 0.6) is 0 Å². The summed E-state index contributed by atoms with van der Waals surface area (Å²) in [5.41, 5.74) is 4.87. The Morgan fingerprint density at radius 3 is 2.45 bits per heavy atom. The summed E-state index contributed by atoms with van der Waals surface area (Å²) in [5.74, 6) is 0. The average Bonchev–Trinajstić information content (AvgIpc) is 2.50. The highest BCUT2D eigenvalue weighted by Gasteiger charge is 2.41. The van der Waals surface area contributed by atoms with Crippen molar-refractivity contribution in [1.29, 1.82) is 0 Å². The summed E-state index contributed by atoms with van der Waals surface area (Å²) in [6, 6.07) is 16.1. The molecule has 0 saturated heterocycles. The van der Waals surface area contributed by atoms with E-state index in [-0.39, 0.29) is 0 Å². The summed E-state index contributed by atoms with van der Waals surface area (Å²) in [7, 11) is 0. The highest BCUT2D eigenvalue weighted by atomic mass is 32.2. The van der Waals surface area contributed by atoms with Crippen LogP contribution in [0.2, 0.25) is 0 Å². The lowest BCUT2D eigenvalue weighted by Gasteiger charge is -2.43. The SMILES string of the molecule is Cc1ccc2c(c1)C1(CCCCC1)c1ccccc1S2. The quantitative estimate of drug-likeness (QED) is 0.595. The van der Waals surface area contributed by atoms with Crippen molar-refractivity contribution in [2.75, 3.05) is 0 Å². The minimum Gasteiger partial charge on any atom is -0.0895 e. The van der Waals surface area contributed by atoms with Crippen molar-refractivity contribution in [3.05, 3.63) is 59.2 Å². The Bertz CT molecular complexity index is 651. The van der Waals surface area contributed by atoms with E-state index < -0.39 is 0 Å². The van der Waals surface area contributed by atoms with E-state index in [0.29, 0.717) is 5.41 Å². The molecule has 0 aromatic heterocycles. The topological polar surface area (TPSA) is 0 Å². The van der Waals surface area contributed by atoms with E-state index >= 15 is 0 Å². The zero-order chi connectivity index (χ0) is 13.6. The Morgan fingerprint density at radius 2 is 1.60 bits per heavy atom. The van der Waals surface area contributed by atoms with Crippen LogP contribution in [0.1, 0.15) is 48.8 Å². The molecular formula is C19H20S. The van der Waals surface area contributed by atoms with Crippen LogP contribution in [0.15, 0.2) is 52.3 Å². The van der Waals surface area contributed by atoms with Gasteiger partial charge in [0.25, 0.3) is 0 Å². The molecule has 1 saturated carbocycles. The van der Waals surface area contributed by atoms with Crippen molar-refractivity contribution in [3.8, 4) is 0 Å². The first-order chi connectivity index (χ1) is 9.79. The first-order valence-corrected chi connectivity index (χ1v) is 8.50. The van der Waals surface area contributed by atoms with E-state index in [4.69, 9.17) is 0 Å². The third kappa shape index (κ3) is 1.76. The van der Waals surface area contributed by atoms with Crippen LogP contribution in [-0.4, -0.2) is 0 Å². The van der Waals surface area contributed by atoms with E-state index in [1.54, 1.807) is 11.1 Å². The minimum absolute atomic E-state index is 0.293. The van der Waals surface area contributed by atoms with Gasteiger partial charge in [-0.15, -0.1) is 0 Å². The first kappa shape index (κ1) is 12.5. The zero-order valence-electron chi connectivity index (χ0n) is 12.0. The smallest absolute Gasteiger partial charge is 0.0225 e. The summed E-state index contributed by atoms with van der Waals surface area (Å²) >= 11 is 1.96. The normalized spacial score (nSPS) is 19.4. The molecule has 2 aliphatic rings. The third-order valence-electron chi connectivity index (χ3n) is 4.98. The van der Waals surface area contributed by atoms with Gasteiger partial charge in [0.15, 0.2) is 0 Å². The number of hydrogen-bond donors (Lipinski definition) is 0. The lowest BCUT2D eigenvalue weighted by Crippen LogP contribution is -2.33. The zero-order valence-corrected chi connectivity index (χ0v) is 12.8. The first-order valence-electron chi connectivity index (χ1n) is 7.68. The van der Waals surface area contributed by atoms with Crippen molar-refractivity contribution < 1.29 is 0 Å². The third-order valence-corrected chi connectivity index (χ3v) is 6.13. The van der Waals surface area contributed by atoms with E-state index in [2.05, 4.69) is 49.4 Å². The van der Waals surface area contributed by atoms with Crippen molar-refractivity contribution in [2.45, 2.75) is 54.2 Å². The van der Waals surface area contributed by atoms with Crippen LogP contribution in [0.4, 0.5) is 0 Å². The standard InChI is InChI=1S/C19H20S/c1-14-9-10-18-16(13-14)19(11-5-2-6-12-19)15-7-3-4-8-17(15)20-18/h3-4,7-10,13H,2,5-6,11-12H2,1H3. The average molecular weight is 280 g/mol. The van der Waals surface area contributed by atoms with Crippen LogP contribution in [0.25, 0.3) is 0 Å². The fraction of sp³-hybridized carbons (Fsp3) is 0.368. The van der Waals surface area contributed by atoms with Gasteiger partial charge >= 0.3 is 0 Å². The largest absolute Gasteiger partial charge is 0.0895 e. The molecule has 4 rings (SSSR count). The summed E-state index contributed by atoms with van der Waals surface area (Å²) < 4.78 is 0. The molecule has 0 radical (unpaired) electrons. The number of fused-ring (bicyclic) bond motifs is 4. The van der Waals surface area contributed by atoms with Gasteiger partial charge in [0.05, 0.1) is 0 Å². The predicted octanol–water partition coefficient (Wildman–Crippen LogP) is 5.71. The monoisotopic (exact) mass is 280 g/mol. The van der Waals surface area contributed by atoms with E-state index in [9.17, 15) is 0 Å². The summed E-state index contributed by atoms with van der Waals surface area (Å²) in [4.78, 5) is 2.96. The summed E-state index contributed by atoms with van der Waals surface area (Å²) in [5, 5.41) is 0. The Kier molecular flexibility index (Phi) is 2.92. The van der Waals surface area contributed by atoms with Crippen LogP contribution in [0, 0.1) is 6.92 Å². The van der Waals surface area contributed by atoms with Crippen LogP contribution in [-0.2, 0) is 5.41 Å². The van der Waals surface area contributed by atoms with Gasteiger partial charge in [0, 0.05) is 15.2 Å². The van der Waals surface area contributed by atoms with Crippen molar-refractivity contribution in [2.24, 2.45) is 0 Å². The lowest BCUT2D eigenvalue weighted by atomic mass is 9.65. The fourth-order valence-electron chi connectivity index (χ4n) is 4.02. The van der Waals surface area contributed by atoms with Crippen molar-refractivity contribution in [1.82, 2.24) is 0 Å². The van der Waals surface area contributed by atoms with Gasteiger partial charge in [0.1, 0.15) is 0 Å². The maximum atomic E-state index is 2.45. The number of hydrogen-bond acceptors (Lipinski definition) is 1. The number of benzene rings is 2. The maximum Gasteiger partial charge on any atom is 0.0225 e. The predicted molar refractivity (Wildman–Crippen MR) is 85.6 cm³/mol. The van der Waals surface area contributed by atoms with Gasteiger partial charge in [-0.3, -0.25) is 0 Å². The van der Waals surface area contributed by atoms with Gasteiger partial charge in [-0.1, -0.05) is 66.9 Å². The van der Waals surface area contributed by atoms with Crippen LogP contribution in [0.3, 0.4) is 0 Å².